The van der Waals surface area contributed by atoms with E-state index in [-0.39, 0.29) is 12.8 Å². The number of ether oxygens (including phenoxy) is 2. The fourth-order valence-corrected chi connectivity index (χ4v) is 2.63. The second-order valence-electron chi connectivity index (χ2n) is 5.70. The number of hydrogen-bond donors (Lipinski definition) is 1. The first-order valence-electron chi connectivity index (χ1n) is 7.47. The minimum absolute atomic E-state index is 0.0134. The van der Waals surface area contributed by atoms with Crippen LogP contribution in [0, 0.1) is 0 Å². The van der Waals surface area contributed by atoms with E-state index in [0.717, 1.165) is 17.9 Å². The van der Waals surface area contributed by atoms with Crippen molar-refractivity contribution in [2.24, 2.45) is 0 Å². The normalized spacial score (nSPS) is 15.8. The molecular weight excluding hydrogens is 278 g/mol. The van der Waals surface area contributed by atoms with Crippen LogP contribution >= 0.6 is 0 Å². The lowest BCUT2D eigenvalue weighted by Crippen LogP contribution is -2.33. The molecule has 3 rings (SSSR count). The van der Waals surface area contributed by atoms with E-state index in [1.54, 1.807) is 0 Å². The Balaban J connectivity index is 1.69. The Bertz CT molecular complexity index is 629. The number of nitrogens with zero attached hydrogens (tertiary/aromatic N) is 1. The van der Waals surface area contributed by atoms with Crippen LogP contribution in [0.25, 0.3) is 0 Å². The smallest absolute Gasteiger partial charge is 0.231 e. The molecule has 0 unspecified atom stereocenters. The van der Waals surface area contributed by atoms with Gasteiger partial charge in [-0.25, -0.2) is 0 Å². The van der Waals surface area contributed by atoms with Gasteiger partial charge in [0.1, 0.15) is 0 Å². The highest BCUT2D eigenvalue weighted by atomic mass is 16.7. The molecule has 116 valence electrons. The fourth-order valence-electron chi connectivity index (χ4n) is 2.63. The second kappa shape index (κ2) is 6.38. The van der Waals surface area contributed by atoms with Crippen molar-refractivity contribution in [3.8, 4) is 11.5 Å². The number of benzene rings is 2. The van der Waals surface area contributed by atoms with Crippen molar-refractivity contribution in [1.82, 2.24) is 4.90 Å². The van der Waals surface area contributed by atoms with Crippen LogP contribution in [0.15, 0.2) is 48.5 Å². The third kappa shape index (κ3) is 3.08. The van der Waals surface area contributed by atoms with Gasteiger partial charge in [0.25, 0.3) is 0 Å². The Kier molecular flexibility index (Phi) is 4.32. The van der Waals surface area contributed by atoms with Gasteiger partial charge in [-0.3, -0.25) is 4.90 Å². The van der Waals surface area contributed by atoms with Crippen molar-refractivity contribution < 1.29 is 14.6 Å². The Morgan fingerprint density at radius 2 is 1.82 bits per heavy atom. The van der Waals surface area contributed by atoms with Gasteiger partial charge < -0.3 is 14.6 Å². The van der Waals surface area contributed by atoms with Gasteiger partial charge >= 0.3 is 0 Å². The molecule has 1 aliphatic rings. The maximum absolute atomic E-state index is 10.6. The Labute approximate surface area is 130 Å². The molecule has 0 fully saturated rings. The summed E-state index contributed by atoms with van der Waals surface area (Å²) >= 11 is 0. The second-order valence-corrected chi connectivity index (χ2v) is 5.70. The van der Waals surface area contributed by atoms with Crippen molar-refractivity contribution in [3.05, 3.63) is 59.7 Å². The Morgan fingerprint density at radius 3 is 2.59 bits per heavy atom. The van der Waals surface area contributed by atoms with E-state index >= 15 is 0 Å². The molecule has 2 aromatic carbocycles. The number of aliphatic hydroxyl groups excluding tert-OH is 1. The fraction of sp³-hybridized carbons (Fsp3) is 0.333. The first kappa shape index (κ1) is 14.9. The largest absolute Gasteiger partial charge is 0.454 e. The molecule has 2 atom stereocenters. The predicted octanol–water partition coefficient (Wildman–Crippen LogP) is 2.97. The highest BCUT2D eigenvalue weighted by molar-refractivity contribution is 5.45. The van der Waals surface area contributed by atoms with E-state index in [1.807, 2.05) is 50.4 Å². The van der Waals surface area contributed by atoms with Gasteiger partial charge in [0.05, 0.1) is 6.10 Å². The maximum Gasteiger partial charge on any atom is 0.231 e. The number of likely N-dealkylation sites (N-methyl/N-ethyl adjacent to an activating group) is 1. The molecule has 0 radical (unpaired) electrons. The number of hydrogen-bond acceptors (Lipinski definition) is 4. The molecule has 0 bridgehead atoms. The number of fused-ring (bicyclic) bond motifs is 1. The van der Waals surface area contributed by atoms with E-state index in [1.165, 1.54) is 5.56 Å². The summed E-state index contributed by atoms with van der Waals surface area (Å²) in [5.41, 5.74) is 2.08. The minimum atomic E-state index is -0.580. The quantitative estimate of drug-likeness (QED) is 0.921. The first-order valence-corrected chi connectivity index (χ1v) is 7.47. The van der Waals surface area contributed by atoms with Crippen molar-refractivity contribution >= 4 is 0 Å². The molecule has 1 aliphatic heterocycles. The monoisotopic (exact) mass is 299 g/mol. The lowest BCUT2D eigenvalue weighted by atomic mass is 10.0. The van der Waals surface area contributed by atoms with E-state index in [0.29, 0.717) is 5.75 Å². The third-order valence-corrected chi connectivity index (χ3v) is 4.17. The van der Waals surface area contributed by atoms with Gasteiger partial charge in [-0.05, 0) is 37.2 Å². The van der Waals surface area contributed by atoms with Crippen molar-refractivity contribution in [2.45, 2.75) is 25.6 Å². The van der Waals surface area contributed by atoms with Crippen LogP contribution in [-0.2, 0) is 6.54 Å². The zero-order valence-corrected chi connectivity index (χ0v) is 12.9. The molecule has 0 saturated heterocycles. The maximum atomic E-state index is 10.6. The molecule has 0 amide bonds. The topological polar surface area (TPSA) is 41.9 Å². The summed E-state index contributed by atoms with van der Waals surface area (Å²) in [5, 5.41) is 10.6. The van der Waals surface area contributed by atoms with E-state index in [2.05, 4.69) is 17.0 Å². The average molecular weight is 299 g/mol. The van der Waals surface area contributed by atoms with Crippen LogP contribution in [0.1, 0.15) is 24.2 Å². The van der Waals surface area contributed by atoms with Crippen LogP contribution < -0.4 is 9.47 Å². The summed E-state index contributed by atoms with van der Waals surface area (Å²) in [7, 11) is 2.02. The van der Waals surface area contributed by atoms with Crippen molar-refractivity contribution in [2.75, 3.05) is 13.8 Å². The SMILES string of the molecule is C[C@H]([C@@H](O)c1ccc2c(c1)OCO2)N(C)Cc1ccccc1. The molecule has 0 spiro atoms. The highest BCUT2D eigenvalue weighted by Gasteiger charge is 2.23. The van der Waals surface area contributed by atoms with Crippen LogP contribution in [0.2, 0.25) is 0 Å². The van der Waals surface area contributed by atoms with E-state index in [9.17, 15) is 5.11 Å². The van der Waals surface area contributed by atoms with Crippen LogP contribution in [-0.4, -0.2) is 29.9 Å². The van der Waals surface area contributed by atoms with Crippen molar-refractivity contribution in [3.63, 3.8) is 0 Å². The molecule has 0 aliphatic carbocycles. The zero-order valence-electron chi connectivity index (χ0n) is 12.9. The lowest BCUT2D eigenvalue weighted by molar-refractivity contribution is 0.0687. The molecule has 4 heteroatoms. The van der Waals surface area contributed by atoms with Gasteiger partial charge in [0, 0.05) is 12.6 Å². The average Bonchev–Trinajstić information content (AvgIpc) is 3.02. The minimum Gasteiger partial charge on any atom is -0.454 e. The summed E-state index contributed by atoms with van der Waals surface area (Å²) in [6.45, 7) is 3.07. The first-order chi connectivity index (χ1) is 10.6. The summed E-state index contributed by atoms with van der Waals surface area (Å²) in [6, 6.07) is 15.8. The molecule has 1 N–H and O–H groups in total. The van der Waals surface area contributed by atoms with Gasteiger partial charge in [-0.15, -0.1) is 0 Å². The summed E-state index contributed by atoms with van der Waals surface area (Å²) in [6.07, 6.45) is -0.580. The summed E-state index contributed by atoms with van der Waals surface area (Å²) < 4.78 is 10.7. The van der Waals surface area contributed by atoms with Crippen LogP contribution in [0.3, 0.4) is 0 Å². The van der Waals surface area contributed by atoms with Gasteiger partial charge in [0.2, 0.25) is 6.79 Å². The van der Waals surface area contributed by atoms with Gasteiger partial charge in [0.15, 0.2) is 11.5 Å². The Morgan fingerprint density at radius 1 is 1.09 bits per heavy atom. The molecule has 0 saturated carbocycles. The Hall–Kier alpha value is -2.04. The highest BCUT2D eigenvalue weighted by Crippen LogP contribution is 2.35. The molecule has 22 heavy (non-hydrogen) atoms. The number of aliphatic hydroxyl groups is 1. The zero-order chi connectivity index (χ0) is 15.5. The molecule has 2 aromatic rings. The predicted molar refractivity (Wildman–Crippen MR) is 84.9 cm³/mol. The van der Waals surface area contributed by atoms with Crippen LogP contribution in [0.4, 0.5) is 0 Å². The number of rotatable bonds is 5. The van der Waals surface area contributed by atoms with E-state index < -0.39 is 6.10 Å². The van der Waals surface area contributed by atoms with Crippen LogP contribution in [0.5, 0.6) is 11.5 Å². The summed E-state index contributed by atoms with van der Waals surface area (Å²) in [5.74, 6) is 1.44. The van der Waals surface area contributed by atoms with Crippen molar-refractivity contribution in [1.29, 1.82) is 0 Å². The molecule has 4 nitrogen and oxygen atoms in total. The van der Waals surface area contributed by atoms with Gasteiger partial charge in [-0.2, -0.15) is 0 Å². The molecule has 0 aromatic heterocycles. The molecule has 1 heterocycles. The molecular formula is C18H21NO3. The standard InChI is InChI=1S/C18H21NO3/c1-13(19(2)11-14-6-4-3-5-7-14)18(20)15-8-9-16-17(10-15)22-12-21-16/h3-10,13,18,20H,11-12H2,1-2H3/t13-,18-/m1/s1. The van der Waals surface area contributed by atoms with E-state index in [4.69, 9.17) is 9.47 Å². The third-order valence-electron chi connectivity index (χ3n) is 4.17. The lowest BCUT2D eigenvalue weighted by Gasteiger charge is -2.29. The summed E-state index contributed by atoms with van der Waals surface area (Å²) in [4.78, 5) is 2.14. The van der Waals surface area contributed by atoms with Gasteiger partial charge in [-0.1, -0.05) is 36.4 Å².